The smallest absolute Gasteiger partial charge is 0.191 e. The van der Waals surface area contributed by atoms with E-state index in [0.717, 1.165) is 37.6 Å². The van der Waals surface area contributed by atoms with Crippen molar-refractivity contribution in [2.45, 2.75) is 51.8 Å². The Hall–Kier alpha value is -2.35. The van der Waals surface area contributed by atoms with Crippen LogP contribution in [0.5, 0.6) is 0 Å². The maximum absolute atomic E-state index is 10.5. The van der Waals surface area contributed by atoms with Crippen molar-refractivity contribution in [1.29, 1.82) is 0 Å². The lowest BCUT2D eigenvalue weighted by molar-refractivity contribution is 0.0386. The molecule has 0 amide bonds. The van der Waals surface area contributed by atoms with E-state index >= 15 is 0 Å². The van der Waals surface area contributed by atoms with Crippen molar-refractivity contribution in [3.05, 3.63) is 35.8 Å². The van der Waals surface area contributed by atoms with Crippen LogP contribution in [0.2, 0.25) is 0 Å². The SMILES string of the molecule is CCNC(=NCc1nnc2n1CCCC2)NCC(C)(O)c1ccco1. The molecule has 1 atom stereocenters. The van der Waals surface area contributed by atoms with Gasteiger partial charge in [-0.25, -0.2) is 4.99 Å². The molecule has 3 rings (SSSR count). The summed E-state index contributed by atoms with van der Waals surface area (Å²) in [7, 11) is 0. The number of guanidine groups is 1. The molecular formula is C17H26N6O2. The highest BCUT2D eigenvalue weighted by Gasteiger charge is 2.26. The molecule has 0 radical (unpaired) electrons. The second kappa shape index (κ2) is 7.69. The van der Waals surface area contributed by atoms with E-state index in [-0.39, 0.29) is 6.54 Å². The average Bonchev–Trinajstić information content (AvgIpc) is 3.28. The van der Waals surface area contributed by atoms with Gasteiger partial charge in [-0.15, -0.1) is 10.2 Å². The summed E-state index contributed by atoms with van der Waals surface area (Å²) in [4.78, 5) is 4.58. The molecule has 2 aromatic rings. The van der Waals surface area contributed by atoms with E-state index in [2.05, 4.69) is 30.4 Å². The van der Waals surface area contributed by atoms with Crippen molar-refractivity contribution >= 4 is 5.96 Å². The first-order chi connectivity index (χ1) is 12.1. The van der Waals surface area contributed by atoms with Gasteiger partial charge in [0.25, 0.3) is 0 Å². The number of aryl methyl sites for hydroxylation is 1. The first kappa shape index (κ1) is 17.5. The molecule has 8 nitrogen and oxygen atoms in total. The highest BCUT2D eigenvalue weighted by Crippen LogP contribution is 2.19. The molecule has 1 aliphatic rings. The summed E-state index contributed by atoms with van der Waals surface area (Å²) in [6.07, 6.45) is 4.87. The van der Waals surface area contributed by atoms with E-state index < -0.39 is 5.60 Å². The largest absolute Gasteiger partial charge is 0.466 e. The third kappa shape index (κ3) is 4.19. The summed E-state index contributed by atoms with van der Waals surface area (Å²) < 4.78 is 7.46. The number of hydrogen-bond acceptors (Lipinski definition) is 5. The number of furan rings is 1. The molecule has 3 heterocycles. The zero-order valence-corrected chi connectivity index (χ0v) is 14.8. The molecule has 0 bridgehead atoms. The van der Waals surface area contributed by atoms with Crippen LogP contribution in [0.3, 0.4) is 0 Å². The molecule has 1 unspecified atom stereocenters. The number of hydrogen-bond donors (Lipinski definition) is 3. The van der Waals surface area contributed by atoms with Crippen LogP contribution in [0.1, 0.15) is 44.1 Å². The maximum atomic E-state index is 10.5. The second-order valence-corrected chi connectivity index (χ2v) is 6.44. The van der Waals surface area contributed by atoms with Crippen molar-refractivity contribution in [2.24, 2.45) is 4.99 Å². The molecule has 3 N–H and O–H groups in total. The van der Waals surface area contributed by atoms with Crippen LogP contribution in [0.4, 0.5) is 0 Å². The number of nitrogens with one attached hydrogen (secondary N) is 2. The van der Waals surface area contributed by atoms with Crippen molar-refractivity contribution < 1.29 is 9.52 Å². The number of aliphatic hydroxyl groups is 1. The standard InChI is InChI=1S/C17H26N6O2/c1-3-18-16(20-12-17(2,24)13-7-6-10-25-13)19-11-15-22-21-14-8-4-5-9-23(14)15/h6-7,10,24H,3-5,8-9,11-12H2,1-2H3,(H2,18,19,20). The molecule has 0 aliphatic carbocycles. The summed E-state index contributed by atoms with van der Waals surface area (Å²) in [6, 6.07) is 3.52. The van der Waals surface area contributed by atoms with E-state index in [1.807, 2.05) is 6.92 Å². The average molecular weight is 346 g/mol. The van der Waals surface area contributed by atoms with Gasteiger partial charge >= 0.3 is 0 Å². The van der Waals surface area contributed by atoms with Gasteiger partial charge in [-0.2, -0.15) is 0 Å². The van der Waals surface area contributed by atoms with Crippen molar-refractivity contribution in [2.75, 3.05) is 13.1 Å². The predicted molar refractivity (Wildman–Crippen MR) is 94.1 cm³/mol. The lowest BCUT2D eigenvalue weighted by Gasteiger charge is -2.22. The van der Waals surface area contributed by atoms with Crippen molar-refractivity contribution in [1.82, 2.24) is 25.4 Å². The lowest BCUT2D eigenvalue weighted by Crippen LogP contribution is -2.44. The van der Waals surface area contributed by atoms with Crippen LogP contribution < -0.4 is 10.6 Å². The van der Waals surface area contributed by atoms with Crippen molar-refractivity contribution in [3.63, 3.8) is 0 Å². The van der Waals surface area contributed by atoms with Crippen LogP contribution in [0, 0.1) is 0 Å². The molecule has 136 valence electrons. The van der Waals surface area contributed by atoms with Gasteiger partial charge in [0.15, 0.2) is 11.8 Å². The van der Waals surface area contributed by atoms with E-state index in [0.29, 0.717) is 18.3 Å². The summed E-state index contributed by atoms with van der Waals surface area (Å²) in [5, 5.41) is 25.4. The van der Waals surface area contributed by atoms with Crippen LogP contribution in [0.15, 0.2) is 27.8 Å². The summed E-state index contributed by atoms with van der Waals surface area (Å²) in [5.41, 5.74) is -1.12. The monoisotopic (exact) mass is 346 g/mol. The van der Waals surface area contributed by atoms with E-state index in [1.165, 1.54) is 6.42 Å². The molecule has 0 fully saturated rings. The lowest BCUT2D eigenvalue weighted by atomic mass is 10.0. The Balaban J connectivity index is 1.64. The van der Waals surface area contributed by atoms with Gasteiger partial charge < -0.3 is 24.7 Å². The second-order valence-electron chi connectivity index (χ2n) is 6.44. The number of aliphatic imine (C=N–C) groups is 1. The molecule has 0 saturated heterocycles. The molecule has 2 aromatic heterocycles. The maximum Gasteiger partial charge on any atom is 0.191 e. The molecule has 0 saturated carbocycles. The number of rotatable bonds is 6. The van der Waals surface area contributed by atoms with Crippen LogP contribution in [-0.4, -0.2) is 38.9 Å². The van der Waals surface area contributed by atoms with Crippen molar-refractivity contribution in [3.8, 4) is 0 Å². The Morgan fingerprint density at radius 3 is 3.04 bits per heavy atom. The summed E-state index contributed by atoms with van der Waals surface area (Å²) in [5.74, 6) is 3.07. The first-order valence-electron chi connectivity index (χ1n) is 8.79. The van der Waals surface area contributed by atoms with Gasteiger partial charge in [0, 0.05) is 19.5 Å². The Bertz CT molecular complexity index is 705. The summed E-state index contributed by atoms with van der Waals surface area (Å²) >= 11 is 0. The van der Waals surface area contributed by atoms with Gasteiger partial charge in [-0.1, -0.05) is 0 Å². The Labute approximate surface area is 147 Å². The first-order valence-corrected chi connectivity index (χ1v) is 8.79. The Kier molecular flexibility index (Phi) is 5.37. The molecular weight excluding hydrogens is 320 g/mol. The molecule has 0 aromatic carbocycles. The fraction of sp³-hybridized carbons (Fsp3) is 0.588. The van der Waals surface area contributed by atoms with Gasteiger partial charge in [-0.3, -0.25) is 0 Å². The highest BCUT2D eigenvalue weighted by molar-refractivity contribution is 5.79. The number of aromatic nitrogens is 3. The third-order valence-corrected chi connectivity index (χ3v) is 4.31. The van der Waals surface area contributed by atoms with Gasteiger partial charge in [0.2, 0.25) is 0 Å². The minimum atomic E-state index is -1.12. The quantitative estimate of drug-likeness (QED) is 0.536. The minimum Gasteiger partial charge on any atom is -0.466 e. The molecule has 25 heavy (non-hydrogen) atoms. The fourth-order valence-electron chi connectivity index (χ4n) is 2.90. The van der Waals surface area contributed by atoms with Crippen LogP contribution in [0.25, 0.3) is 0 Å². The topological polar surface area (TPSA) is 100 Å². The van der Waals surface area contributed by atoms with E-state index in [1.54, 1.807) is 25.3 Å². The third-order valence-electron chi connectivity index (χ3n) is 4.31. The fourth-order valence-corrected chi connectivity index (χ4v) is 2.90. The Morgan fingerprint density at radius 1 is 1.40 bits per heavy atom. The van der Waals surface area contributed by atoms with E-state index in [9.17, 15) is 5.11 Å². The zero-order chi connectivity index (χ0) is 17.7. The zero-order valence-electron chi connectivity index (χ0n) is 14.8. The minimum absolute atomic E-state index is 0.282. The number of nitrogens with zero attached hydrogens (tertiary/aromatic N) is 4. The predicted octanol–water partition coefficient (Wildman–Crippen LogP) is 1.17. The summed E-state index contributed by atoms with van der Waals surface area (Å²) in [6.45, 7) is 6.13. The Morgan fingerprint density at radius 2 is 2.28 bits per heavy atom. The van der Waals surface area contributed by atoms with Gasteiger partial charge in [-0.05, 0) is 38.8 Å². The van der Waals surface area contributed by atoms with Gasteiger partial charge in [0.05, 0.1) is 12.8 Å². The van der Waals surface area contributed by atoms with Gasteiger partial charge in [0.1, 0.15) is 23.7 Å². The normalized spacial score (nSPS) is 17.0. The highest BCUT2D eigenvalue weighted by atomic mass is 16.4. The van der Waals surface area contributed by atoms with Crippen LogP contribution in [-0.2, 0) is 25.1 Å². The number of fused-ring (bicyclic) bond motifs is 1. The van der Waals surface area contributed by atoms with Crippen LogP contribution >= 0.6 is 0 Å². The molecule has 8 heteroatoms. The molecule has 1 aliphatic heterocycles. The van der Waals surface area contributed by atoms with E-state index in [4.69, 9.17) is 4.42 Å². The molecule has 0 spiro atoms.